The summed E-state index contributed by atoms with van der Waals surface area (Å²) >= 11 is 0. The van der Waals surface area contributed by atoms with Gasteiger partial charge in [-0.3, -0.25) is 4.79 Å². The molecule has 0 N–H and O–H groups in total. The highest BCUT2D eigenvalue weighted by Crippen LogP contribution is 2.15. The molecule has 0 atom stereocenters. The molecule has 0 saturated heterocycles. The molecule has 0 fully saturated rings. The zero-order chi connectivity index (χ0) is 14.7. The summed E-state index contributed by atoms with van der Waals surface area (Å²) in [5, 5.41) is 0. The quantitative estimate of drug-likeness (QED) is 0.783. The first-order valence-corrected chi connectivity index (χ1v) is 5.86. The molecule has 0 unspecified atom stereocenters. The second kappa shape index (κ2) is 5.86. The van der Waals surface area contributed by atoms with Crippen molar-refractivity contribution in [3.63, 3.8) is 0 Å². The van der Waals surface area contributed by atoms with Crippen molar-refractivity contribution in [2.75, 3.05) is 0 Å². The van der Waals surface area contributed by atoms with Crippen molar-refractivity contribution >= 4 is 5.78 Å². The van der Waals surface area contributed by atoms with Crippen LogP contribution in [0, 0.1) is 23.3 Å². The van der Waals surface area contributed by atoms with Crippen LogP contribution >= 0.6 is 0 Å². The molecule has 0 spiro atoms. The van der Waals surface area contributed by atoms with Gasteiger partial charge in [0.1, 0.15) is 29.1 Å². The Morgan fingerprint density at radius 1 is 0.850 bits per heavy atom. The molecule has 104 valence electrons. The van der Waals surface area contributed by atoms with Gasteiger partial charge in [0.15, 0.2) is 0 Å². The van der Waals surface area contributed by atoms with E-state index >= 15 is 0 Å². The van der Waals surface area contributed by atoms with Gasteiger partial charge in [-0.15, -0.1) is 0 Å². The zero-order valence-electron chi connectivity index (χ0n) is 10.3. The van der Waals surface area contributed by atoms with E-state index in [1.807, 2.05) is 0 Å². The lowest BCUT2D eigenvalue weighted by atomic mass is 10.0. The van der Waals surface area contributed by atoms with Crippen LogP contribution in [0.5, 0.6) is 0 Å². The lowest BCUT2D eigenvalue weighted by Crippen LogP contribution is -2.10. The van der Waals surface area contributed by atoms with Crippen LogP contribution < -0.4 is 0 Å². The molecule has 0 aromatic heterocycles. The maximum Gasteiger partial charge on any atom is 0.141 e. The Labute approximate surface area is 112 Å². The van der Waals surface area contributed by atoms with Crippen LogP contribution in [-0.4, -0.2) is 5.78 Å². The van der Waals surface area contributed by atoms with Crippen LogP contribution in [0.4, 0.5) is 17.6 Å². The van der Waals surface area contributed by atoms with Crippen LogP contribution in [0.25, 0.3) is 0 Å². The third kappa shape index (κ3) is 3.23. The molecule has 0 aliphatic heterocycles. The topological polar surface area (TPSA) is 17.1 Å². The molecular formula is C15H10F4O. The Kier molecular flexibility index (Phi) is 4.17. The third-order valence-electron chi connectivity index (χ3n) is 2.84. The van der Waals surface area contributed by atoms with Gasteiger partial charge < -0.3 is 0 Å². The summed E-state index contributed by atoms with van der Waals surface area (Å²) in [7, 11) is 0. The highest BCUT2D eigenvalue weighted by molar-refractivity contribution is 5.83. The van der Waals surface area contributed by atoms with Gasteiger partial charge in [0, 0.05) is 24.5 Å². The molecule has 0 heterocycles. The molecule has 2 aromatic rings. The van der Waals surface area contributed by atoms with Crippen LogP contribution in [0.15, 0.2) is 36.4 Å². The molecule has 0 radical (unpaired) electrons. The Morgan fingerprint density at radius 2 is 1.50 bits per heavy atom. The first-order valence-electron chi connectivity index (χ1n) is 5.86. The molecule has 5 heteroatoms. The lowest BCUT2D eigenvalue weighted by molar-refractivity contribution is -0.117. The largest absolute Gasteiger partial charge is 0.299 e. The average molecular weight is 282 g/mol. The van der Waals surface area contributed by atoms with Crippen LogP contribution in [0.3, 0.4) is 0 Å². The van der Waals surface area contributed by atoms with Crippen molar-refractivity contribution in [3.8, 4) is 0 Å². The van der Waals surface area contributed by atoms with Gasteiger partial charge in [0.05, 0.1) is 0 Å². The standard InChI is InChI=1S/C15H10F4O/c16-10-5-4-9(15(19)7-10)6-11(20)8-12-13(17)2-1-3-14(12)18/h1-5,7H,6,8H2. The minimum Gasteiger partial charge on any atom is -0.299 e. The van der Waals surface area contributed by atoms with Crippen LogP contribution in [0.1, 0.15) is 11.1 Å². The number of carbonyl (C=O) groups excluding carboxylic acids is 1. The number of hydrogen-bond donors (Lipinski definition) is 0. The molecule has 0 bridgehead atoms. The van der Waals surface area contributed by atoms with Gasteiger partial charge in [-0.2, -0.15) is 0 Å². The highest BCUT2D eigenvalue weighted by Gasteiger charge is 2.15. The molecule has 0 aliphatic carbocycles. The molecular weight excluding hydrogens is 272 g/mol. The van der Waals surface area contributed by atoms with Crippen molar-refractivity contribution in [3.05, 3.63) is 70.8 Å². The van der Waals surface area contributed by atoms with E-state index in [1.165, 1.54) is 6.07 Å². The van der Waals surface area contributed by atoms with E-state index in [-0.39, 0.29) is 17.5 Å². The molecule has 1 nitrogen and oxygen atoms in total. The van der Waals surface area contributed by atoms with Crippen LogP contribution in [-0.2, 0) is 17.6 Å². The molecule has 2 rings (SSSR count). The van der Waals surface area contributed by atoms with Gasteiger partial charge in [-0.1, -0.05) is 12.1 Å². The smallest absolute Gasteiger partial charge is 0.141 e. The number of hydrogen-bond acceptors (Lipinski definition) is 1. The summed E-state index contributed by atoms with van der Waals surface area (Å²) in [5.74, 6) is -3.80. The third-order valence-corrected chi connectivity index (χ3v) is 2.84. The fourth-order valence-corrected chi connectivity index (χ4v) is 1.84. The number of Topliss-reactive ketones (excluding diaryl/α,β-unsaturated/α-hetero) is 1. The Hall–Kier alpha value is -2.17. The summed E-state index contributed by atoms with van der Waals surface area (Å²) in [6, 6.07) is 6.11. The fraction of sp³-hybridized carbons (Fsp3) is 0.133. The predicted molar refractivity (Wildman–Crippen MR) is 65.1 cm³/mol. The Bertz CT molecular complexity index is 632. The summed E-state index contributed by atoms with van der Waals surface area (Å²) in [6.07, 6.45) is -0.824. The average Bonchev–Trinajstić information content (AvgIpc) is 2.37. The fourth-order valence-electron chi connectivity index (χ4n) is 1.84. The van der Waals surface area contributed by atoms with Gasteiger partial charge in [0.25, 0.3) is 0 Å². The van der Waals surface area contributed by atoms with Crippen molar-refractivity contribution < 1.29 is 22.4 Å². The van der Waals surface area contributed by atoms with Crippen molar-refractivity contribution in [1.29, 1.82) is 0 Å². The summed E-state index contributed by atoms with van der Waals surface area (Å²) < 4.78 is 52.8. The zero-order valence-corrected chi connectivity index (χ0v) is 10.3. The van der Waals surface area contributed by atoms with Crippen molar-refractivity contribution in [1.82, 2.24) is 0 Å². The van der Waals surface area contributed by atoms with E-state index in [9.17, 15) is 22.4 Å². The van der Waals surface area contributed by atoms with E-state index in [0.29, 0.717) is 6.07 Å². The Morgan fingerprint density at radius 3 is 2.10 bits per heavy atom. The number of benzene rings is 2. The van der Waals surface area contributed by atoms with Crippen molar-refractivity contribution in [2.24, 2.45) is 0 Å². The summed E-state index contributed by atoms with van der Waals surface area (Å²) in [6.45, 7) is 0. The molecule has 0 aliphatic rings. The van der Waals surface area contributed by atoms with Gasteiger partial charge in [0.2, 0.25) is 0 Å². The normalized spacial score (nSPS) is 10.6. The predicted octanol–water partition coefficient (Wildman–Crippen LogP) is 3.60. The van der Waals surface area contributed by atoms with E-state index in [1.54, 1.807) is 0 Å². The highest BCUT2D eigenvalue weighted by atomic mass is 19.1. The van der Waals surface area contributed by atoms with E-state index < -0.39 is 35.5 Å². The van der Waals surface area contributed by atoms with Gasteiger partial charge in [-0.25, -0.2) is 17.6 Å². The van der Waals surface area contributed by atoms with E-state index in [4.69, 9.17) is 0 Å². The minimum absolute atomic E-state index is 0.00634. The first-order chi connectivity index (χ1) is 9.47. The maximum absolute atomic E-state index is 13.4. The van der Waals surface area contributed by atoms with Crippen LogP contribution in [0.2, 0.25) is 0 Å². The number of rotatable bonds is 4. The first kappa shape index (κ1) is 14.2. The van der Waals surface area contributed by atoms with Crippen molar-refractivity contribution in [2.45, 2.75) is 12.8 Å². The molecule has 0 saturated carbocycles. The lowest BCUT2D eigenvalue weighted by Gasteiger charge is -2.05. The number of ketones is 1. The number of carbonyl (C=O) groups is 1. The summed E-state index contributed by atoms with van der Waals surface area (Å²) in [4.78, 5) is 11.7. The minimum atomic E-state index is -0.854. The molecule has 2 aromatic carbocycles. The maximum atomic E-state index is 13.4. The van der Waals surface area contributed by atoms with Gasteiger partial charge in [-0.05, 0) is 23.8 Å². The summed E-state index contributed by atoms with van der Waals surface area (Å²) in [5.41, 5.74) is -0.354. The van der Waals surface area contributed by atoms with Gasteiger partial charge >= 0.3 is 0 Å². The van der Waals surface area contributed by atoms with E-state index in [2.05, 4.69) is 0 Å². The number of halogens is 4. The second-order valence-electron chi connectivity index (χ2n) is 4.33. The van der Waals surface area contributed by atoms with E-state index in [0.717, 1.165) is 24.3 Å². The molecule has 0 amide bonds. The molecule has 20 heavy (non-hydrogen) atoms. The Balaban J connectivity index is 2.13. The second-order valence-corrected chi connectivity index (χ2v) is 4.33. The monoisotopic (exact) mass is 282 g/mol. The SMILES string of the molecule is O=C(Cc1ccc(F)cc1F)Cc1c(F)cccc1F.